The molecule has 2 saturated heterocycles. The number of methoxy groups -OCH3 is 1. The molecule has 37 heavy (non-hydrogen) atoms. The summed E-state index contributed by atoms with van der Waals surface area (Å²) >= 11 is 2.26. The number of nitrogens with one attached hydrogen (secondary N) is 1. The summed E-state index contributed by atoms with van der Waals surface area (Å²) in [5, 5.41) is 8.75. The van der Waals surface area contributed by atoms with Gasteiger partial charge in [-0.05, 0) is 97.6 Å². The molecule has 0 amide bonds. The fraction of sp³-hybridized carbons (Fsp3) is 0.607. The molecule has 1 unspecified atom stereocenters. The van der Waals surface area contributed by atoms with Gasteiger partial charge in [0.2, 0.25) is 0 Å². The van der Waals surface area contributed by atoms with E-state index >= 15 is 0 Å². The Labute approximate surface area is 232 Å². The van der Waals surface area contributed by atoms with Crippen LogP contribution in [0.2, 0.25) is 0 Å². The molecule has 6 rings (SSSR count). The van der Waals surface area contributed by atoms with Crippen LogP contribution >= 0.6 is 22.6 Å². The van der Waals surface area contributed by atoms with E-state index in [-0.39, 0.29) is 6.23 Å². The molecule has 1 spiro atoms. The largest absolute Gasteiger partial charge is 0.497 e. The summed E-state index contributed by atoms with van der Waals surface area (Å²) in [5.74, 6) is 1.87. The molecule has 1 saturated carbocycles. The minimum atomic E-state index is -0.0352. The van der Waals surface area contributed by atoms with Crippen molar-refractivity contribution >= 4 is 39.6 Å². The van der Waals surface area contributed by atoms with Gasteiger partial charge >= 0.3 is 0 Å². The molecule has 3 aromatic rings. The van der Waals surface area contributed by atoms with E-state index in [0.717, 1.165) is 65.4 Å². The van der Waals surface area contributed by atoms with E-state index in [1.807, 2.05) is 10.9 Å². The third-order valence-electron chi connectivity index (χ3n) is 8.83. The molecule has 1 aromatic carbocycles. The summed E-state index contributed by atoms with van der Waals surface area (Å²) < 4.78 is 14.2. The molecular weight excluding hydrogens is 579 g/mol. The van der Waals surface area contributed by atoms with Gasteiger partial charge in [0, 0.05) is 31.8 Å². The van der Waals surface area contributed by atoms with Crippen molar-refractivity contribution in [1.29, 1.82) is 0 Å². The van der Waals surface area contributed by atoms with Crippen molar-refractivity contribution in [2.24, 2.45) is 5.41 Å². The monoisotopic (exact) mass is 616 g/mol. The van der Waals surface area contributed by atoms with E-state index in [9.17, 15) is 0 Å². The number of piperidine rings is 1. The zero-order valence-electron chi connectivity index (χ0n) is 21.8. The Morgan fingerprint density at radius 1 is 1.11 bits per heavy atom. The molecule has 1 aliphatic carbocycles. The molecule has 3 aliphatic rings. The van der Waals surface area contributed by atoms with Crippen molar-refractivity contribution in [3.05, 3.63) is 39.7 Å². The zero-order chi connectivity index (χ0) is 25.4. The molecule has 0 bridgehead atoms. The molecule has 1 N–H and O–H groups in total. The molecule has 198 valence electrons. The van der Waals surface area contributed by atoms with Crippen LogP contribution in [0.5, 0.6) is 5.75 Å². The number of benzene rings is 1. The topological polar surface area (TPSA) is 77.3 Å². The molecule has 3 fully saturated rings. The standard InChI is InChI=1S/C28H37IN6O2/c1-19(20-8-10-21(36-2)11-9-20)31-22-6-5-12-28(22)13-15-34(16-14-28)23-18-30-25-26(29)33-35(27(25)32-23)24-7-3-4-17-37-24/h8-11,18-19,22,24,31H,3-7,12-17H2,1-2H3/t19-,22-,24?/m1/s1. The molecule has 0 radical (unpaired) electrons. The fourth-order valence-electron chi connectivity index (χ4n) is 6.60. The van der Waals surface area contributed by atoms with Gasteiger partial charge < -0.3 is 19.7 Å². The van der Waals surface area contributed by atoms with E-state index in [0.29, 0.717) is 17.5 Å². The highest BCUT2D eigenvalue weighted by atomic mass is 127. The van der Waals surface area contributed by atoms with E-state index in [1.54, 1.807) is 7.11 Å². The highest BCUT2D eigenvalue weighted by Crippen LogP contribution is 2.47. The van der Waals surface area contributed by atoms with E-state index in [4.69, 9.17) is 24.5 Å². The van der Waals surface area contributed by atoms with Crippen LogP contribution in [-0.4, -0.2) is 52.6 Å². The van der Waals surface area contributed by atoms with Gasteiger partial charge in [-0.2, -0.15) is 5.10 Å². The van der Waals surface area contributed by atoms with Crippen molar-refractivity contribution in [3.8, 4) is 5.75 Å². The number of rotatable bonds is 6. The van der Waals surface area contributed by atoms with Gasteiger partial charge in [-0.25, -0.2) is 14.6 Å². The lowest BCUT2D eigenvalue weighted by Crippen LogP contribution is -2.49. The van der Waals surface area contributed by atoms with Gasteiger partial charge in [0.1, 0.15) is 17.1 Å². The summed E-state index contributed by atoms with van der Waals surface area (Å²) in [5.41, 5.74) is 3.40. The van der Waals surface area contributed by atoms with Gasteiger partial charge in [-0.1, -0.05) is 18.6 Å². The average molecular weight is 617 g/mol. The predicted octanol–water partition coefficient (Wildman–Crippen LogP) is 5.63. The maximum atomic E-state index is 6.02. The second kappa shape index (κ2) is 10.6. The Balaban J connectivity index is 1.15. The van der Waals surface area contributed by atoms with Gasteiger partial charge in [0.05, 0.1) is 13.3 Å². The smallest absolute Gasteiger partial charge is 0.182 e. The summed E-state index contributed by atoms with van der Waals surface area (Å²) in [6.45, 7) is 5.10. The maximum absolute atomic E-state index is 6.02. The highest BCUT2D eigenvalue weighted by Gasteiger charge is 2.45. The zero-order valence-corrected chi connectivity index (χ0v) is 24.0. The lowest BCUT2D eigenvalue weighted by Gasteiger charge is -2.44. The predicted molar refractivity (Wildman–Crippen MR) is 153 cm³/mol. The molecule has 8 nitrogen and oxygen atoms in total. The number of hydrogen-bond acceptors (Lipinski definition) is 7. The quantitative estimate of drug-likeness (QED) is 0.360. The van der Waals surface area contributed by atoms with Crippen molar-refractivity contribution < 1.29 is 9.47 Å². The van der Waals surface area contributed by atoms with Crippen LogP contribution in [0.3, 0.4) is 0 Å². The van der Waals surface area contributed by atoms with Crippen LogP contribution in [0.15, 0.2) is 30.5 Å². The molecule has 3 atom stereocenters. The van der Waals surface area contributed by atoms with Gasteiger partial charge in [-0.3, -0.25) is 0 Å². The van der Waals surface area contributed by atoms with Crippen LogP contribution < -0.4 is 15.0 Å². The van der Waals surface area contributed by atoms with Gasteiger partial charge in [0.15, 0.2) is 15.6 Å². The second-order valence-electron chi connectivity index (χ2n) is 10.9. The first-order valence-corrected chi connectivity index (χ1v) is 14.8. The van der Waals surface area contributed by atoms with Crippen LogP contribution in [0.25, 0.3) is 11.2 Å². The van der Waals surface area contributed by atoms with Crippen LogP contribution in [-0.2, 0) is 4.74 Å². The maximum Gasteiger partial charge on any atom is 0.182 e. The first-order chi connectivity index (χ1) is 18.1. The number of anilines is 1. The third-order valence-corrected chi connectivity index (χ3v) is 9.56. The van der Waals surface area contributed by atoms with Crippen molar-refractivity contribution in [3.63, 3.8) is 0 Å². The highest BCUT2D eigenvalue weighted by molar-refractivity contribution is 14.1. The summed E-state index contributed by atoms with van der Waals surface area (Å²) in [6, 6.07) is 9.34. The molecule has 2 aromatic heterocycles. The number of fused-ring (bicyclic) bond motifs is 1. The number of halogens is 1. The SMILES string of the molecule is COc1ccc([C@@H](C)N[C@@H]2CCCC23CCN(c2cnc4c(I)nn(C5CCCCO5)c4n2)CC3)cc1. The van der Waals surface area contributed by atoms with Gasteiger partial charge in [0.25, 0.3) is 0 Å². The molecule has 9 heteroatoms. The number of aromatic nitrogens is 4. The molecule has 4 heterocycles. The third kappa shape index (κ3) is 4.94. The first kappa shape index (κ1) is 25.3. The summed E-state index contributed by atoms with van der Waals surface area (Å²) in [4.78, 5) is 12.3. The lowest BCUT2D eigenvalue weighted by molar-refractivity contribution is -0.0372. The number of hydrogen-bond donors (Lipinski definition) is 1. The Kier molecular flexibility index (Phi) is 7.28. The number of ether oxygens (including phenoxy) is 2. The van der Waals surface area contributed by atoms with Gasteiger partial charge in [-0.15, -0.1) is 0 Å². The Morgan fingerprint density at radius 2 is 1.92 bits per heavy atom. The summed E-state index contributed by atoms with van der Waals surface area (Å²) in [7, 11) is 1.72. The minimum absolute atomic E-state index is 0.0352. The van der Waals surface area contributed by atoms with Crippen LogP contribution in [0, 0.1) is 9.12 Å². The Morgan fingerprint density at radius 3 is 2.65 bits per heavy atom. The van der Waals surface area contributed by atoms with Crippen molar-refractivity contribution in [1.82, 2.24) is 25.1 Å². The lowest BCUT2D eigenvalue weighted by atomic mass is 9.73. The summed E-state index contributed by atoms with van der Waals surface area (Å²) in [6.07, 6.45) is 11.4. The average Bonchev–Trinajstić information content (AvgIpc) is 3.49. The first-order valence-electron chi connectivity index (χ1n) is 13.7. The Hall–Kier alpha value is -1.98. The minimum Gasteiger partial charge on any atom is -0.497 e. The van der Waals surface area contributed by atoms with E-state index in [1.165, 1.54) is 37.7 Å². The van der Waals surface area contributed by atoms with Crippen LogP contribution in [0.4, 0.5) is 5.82 Å². The van der Waals surface area contributed by atoms with Crippen LogP contribution in [0.1, 0.15) is 76.1 Å². The van der Waals surface area contributed by atoms with Crippen molar-refractivity contribution in [2.75, 3.05) is 31.7 Å². The fourth-order valence-corrected chi connectivity index (χ4v) is 7.22. The van der Waals surface area contributed by atoms with E-state index < -0.39 is 0 Å². The number of nitrogens with zero attached hydrogens (tertiary/aromatic N) is 5. The van der Waals surface area contributed by atoms with E-state index in [2.05, 4.69) is 64.0 Å². The second-order valence-corrected chi connectivity index (χ2v) is 11.9. The Bertz CT molecular complexity index is 1220. The molecular formula is C28H37IN6O2. The van der Waals surface area contributed by atoms with Crippen molar-refractivity contribution in [2.45, 2.75) is 76.6 Å². The normalized spacial score (nSPS) is 24.6. The molecule has 2 aliphatic heterocycles.